The van der Waals surface area contributed by atoms with Crippen LogP contribution in [0.1, 0.15) is 19.8 Å². The van der Waals surface area contributed by atoms with Gasteiger partial charge in [-0.2, -0.15) is 0 Å². The van der Waals surface area contributed by atoms with E-state index in [9.17, 15) is 4.39 Å². The second kappa shape index (κ2) is 2.67. The van der Waals surface area contributed by atoms with Crippen LogP contribution in [0.15, 0.2) is 0 Å². The molecule has 0 aromatic carbocycles. The van der Waals surface area contributed by atoms with Crippen LogP contribution in [0.2, 0.25) is 0 Å². The van der Waals surface area contributed by atoms with Gasteiger partial charge in [0, 0.05) is 6.04 Å². The monoisotopic (exact) mass is 172 g/mol. The lowest BCUT2D eigenvalue weighted by Gasteiger charge is -2.46. The van der Waals surface area contributed by atoms with Crippen LogP contribution >= 0.6 is 0 Å². The van der Waals surface area contributed by atoms with Gasteiger partial charge in [-0.1, -0.05) is 0 Å². The fraction of sp³-hybridized carbons (Fsp3) is 1.00. The summed E-state index contributed by atoms with van der Waals surface area (Å²) in [5.74, 6) is 0.708. The van der Waals surface area contributed by atoms with Crippen LogP contribution in [0.4, 0.5) is 4.39 Å². The first-order valence-electron chi connectivity index (χ1n) is 4.74. The summed E-state index contributed by atoms with van der Waals surface area (Å²) in [5.41, 5.74) is 5.03. The predicted octanol–water partition coefficient (Wildman–Crippen LogP) is 0.671. The van der Waals surface area contributed by atoms with E-state index in [4.69, 9.17) is 5.73 Å². The molecule has 1 saturated heterocycles. The molecular formula is C9H17FN2. The number of hydrogen-bond donors (Lipinski definition) is 2. The summed E-state index contributed by atoms with van der Waals surface area (Å²) in [7, 11) is 0. The minimum Gasteiger partial charge on any atom is -0.327 e. The molecule has 1 aliphatic heterocycles. The fourth-order valence-corrected chi connectivity index (χ4v) is 2.70. The van der Waals surface area contributed by atoms with E-state index in [1.165, 1.54) is 0 Å². The van der Waals surface area contributed by atoms with Gasteiger partial charge < -0.3 is 11.1 Å². The Hall–Kier alpha value is -0.150. The molecule has 0 amide bonds. The zero-order valence-electron chi connectivity index (χ0n) is 7.52. The Kier molecular flexibility index (Phi) is 1.88. The molecule has 2 atom stereocenters. The Morgan fingerprint density at radius 2 is 1.83 bits per heavy atom. The van der Waals surface area contributed by atoms with Gasteiger partial charge in [0.1, 0.15) is 5.67 Å². The van der Waals surface area contributed by atoms with E-state index in [0.29, 0.717) is 24.7 Å². The first-order valence-corrected chi connectivity index (χ1v) is 4.74. The molecule has 0 aromatic rings. The number of hydrogen-bond acceptors (Lipinski definition) is 2. The molecule has 2 bridgehead atoms. The summed E-state index contributed by atoms with van der Waals surface area (Å²) >= 11 is 0. The van der Waals surface area contributed by atoms with Gasteiger partial charge in [0.15, 0.2) is 0 Å². The smallest absolute Gasteiger partial charge is 0.109 e. The Morgan fingerprint density at radius 3 is 2.33 bits per heavy atom. The number of fused-ring (bicyclic) bond motifs is 2. The molecule has 2 nitrogen and oxygen atoms in total. The average Bonchev–Trinajstić information content (AvgIpc) is 1.92. The van der Waals surface area contributed by atoms with E-state index in [1.807, 2.05) is 0 Å². The summed E-state index contributed by atoms with van der Waals surface area (Å²) in [5, 5.41) is 3.31. The van der Waals surface area contributed by atoms with E-state index in [2.05, 4.69) is 5.32 Å². The second-order valence-corrected chi connectivity index (χ2v) is 4.58. The average molecular weight is 172 g/mol. The van der Waals surface area contributed by atoms with Crippen LogP contribution in [-0.2, 0) is 0 Å². The number of rotatable bonds is 0. The van der Waals surface area contributed by atoms with Crippen LogP contribution in [0.5, 0.6) is 0 Å². The predicted molar refractivity (Wildman–Crippen MR) is 46.6 cm³/mol. The maximum absolute atomic E-state index is 13.7. The molecule has 70 valence electrons. The van der Waals surface area contributed by atoms with Crippen LogP contribution < -0.4 is 11.1 Å². The number of alkyl halides is 1. The summed E-state index contributed by atoms with van der Waals surface area (Å²) in [6.07, 6.45) is 1.27. The van der Waals surface area contributed by atoms with Crippen molar-refractivity contribution < 1.29 is 4.39 Å². The fourth-order valence-electron chi connectivity index (χ4n) is 2.70. The maximum Gasteiger partial charge on any atom is 0.109 e. The highest BCUT2D eigenvalue weighted by atomic mass is 19.1. The van der Waals surface area contributed by atoms with Crippen LogP contribution in [0, 0.1) is 11.8 Å². The Balaban J connectivity index is 2.12. The minimum absolute atomic E-state index is 0.232. The van der Waals surface area contributed by atoms with Crippen LogP contribution in [-0.4, -0.2) is 24.8 Å². The molecule has 3 N–H and O–H groups in total. The number of nitrogens with two attached hydrogens (primary N) is 1. The first kappa shape index (κ1) is 8.45. The standard InChI is InChI=1S/C9H17FN2/c1-9(10)2-6-4-12-5-7(3-9)8(6)11/h6-8,12H,2-5,11H2,1H3. The van der Waals surface area contributed by atoms with Crippen molar-refractivity contribution in [3.05, 3.63) is 0 Å². The van der Waals surface area contributed by atoms with Crippen molar-refractivity contribution in [2.24, 2.45) is 17.6 Å². The zero-order chi connectivity index (χ0) is 8.77. The Morgan fingerprint density at radius 1 is 1.33 bits per heavy atom. The molecule has 0 spiro atoms. The lowest BCUT2D eigenvalue weighted by atomic mass is 9.69. The lowest BCUT2D eigenvalue weighted by Crippen LogP contribution is -2.58. The van der Waals surface area contributed by atoms with Gasteiger partial charge in [-0.3, -0.25) is 0 Å². The first-order chi connectivity index (χ1) is 5.58. The van der Waals surface area contributed by atoms with Crippen molar-refractivity contribution in [2.75, 3.05) is 13.1 Å². The summed E-state index contributed by atoms with van der Waals surface area (Å²) in [4.78, 5) is 0. The van der Waals surface area contributed by atoms with Gasteiger partial charge in [-0.25, -0.2) is 4.39 Å². The molecule has 2 rings (SSSR count). The van der Waals surface area contributed by atoms with Crippen LogP contribution in [0.3, 0.4) is 0 Å². The summed E-state index contributed by atoms with van der Waals surface area (Å²) in [6.45, 7) is 3.51. The van der Waals surface area contributed by atoms with Gasteiger partial charge in [-0.05, 0) is 44.7 Å². The topological polar surface area (TPSA) is 38.0 Å². The van der Waals surface area contributed by atoms with Gasteiger partial charge in [0.25, 0.3) is 0 Å². The molecule has 0 radical (unpaired) electrons. The molecule has 1 saturated carbocycles. The van der Waals surface area contributed by atoms with Crippen molar-refractivity contribution in [3.63, 3.8) is 0 Å². The lowest BCUT2D eigenvalue weighted by molar-refractivity contribution is 0.0251. The molecule has 3 heteroatoms. The SMILES string of the molecule is CC1(F)CC2CNCC(C1)C2N. The van der Waals surface area contributed by atoms with Gasteiger partial charge in [0.2, 0.25) is 0 Å². The number of piperidine rings is 1. The van der Waals surface area contributed by atoms with Gasteiger partial charge >= 0.3 is 0 Å². The molecular weight excluding hydrogens is 155 g/mol. The molecule has 2 aliphatic rings. The Bertz CT molecular complexity index is 165. The molecule has 12 heavy (non-hydrogen) atoms. The third kappa shape index (κ3) is 1.36. The highest BCUT2D eigenvalue weighted by molar-refractivity contribution is 4.99. The van der Waals surface area contributed by atoms with Gasteiger partial charge in [-0.15, -0.1) is 0 Å². The highest BCUT2D eigenvalue weighted by Gasteiger charge is 2.44. The van der Waals surface area contributed by atoms with Crippen molar-refractivity contribution in [1.29, 1.82) is 0 Å². The van der Waals surface area contributed by atoms with Crippen molar-refractivity contribution >= 4 is 0 Å². The maximum atomic E-state index is 13.7. The molecule has 1 heterocycles. The van der Waals surface area contributed by atoms with E-state index >= 15 is 0 Å². The van der Waals surface area contributed by atoms with Gasteiger partial charge in [0.05, 0.1) is 0 Å². The molecule has 1 aliphatic carbocycles. The van der Waals surface area contributed by atoms with E-state index in [-0.39, 0.29) is 6.04 Å². The van der Waals surface area contributed by atoms with Crippen LogP contribution in [0.25, 0.3) is 0 Å². The quantitative estimate of drug-likeness (QED) is 0.563. The van der Waals surface area contributed by atoms with E-state index in [0.717, 1.165) is 13.1 Å². The van der Waals surface area contributed by atoms with Crippen molar-refractivity contribution in [3.8, 4) is 0 Å². The zero-order valence-corrected chi connectivity index (χ0v) is 7.52. The van der Waals surface area contributed by atoms with Crippen molar-refractivity contribution in [1.82, 2.24) is 5.32 Å². The summed E-state index contributed by atoms with van der Waals surface area (Å²) < 4.78 is 13.7. The van der Waals surface area contributed by atoms with E-state index in [1.54, 1.807) is 6.92 Å². The van der Waals surface area contributed by atoms with E-state index < -0.39 is 5.67 Å². The highest BCUT2D eigenvalue weighted by Crippen LogP contribution is 2.39. The largest absolute Gasteiger partial charge is 0.327 e. The minimum atomic E-state index is -0.965. The third-order valence-corrected chi connectivity index (χ3v) is 3.28. The summed E-state index contributed by atoms with van der Waals surface area (Å²) in [6, 6.07) is 0.232. The Labute approximate surface area is 72.7 Å². The normalized spacial score (nSPS) is 53.8. The number of halogens is 1. The molecule has 0 aromatic heterocycles. The number of nitrogens with one attached hydrogen (secondary N) is 1. The molecule has 2 fully saturated rings. The third-order valence-electron chi connectivity index (χ3n) is 3.28. The molecule has 2 unspecified atom stereocenters. The second-order valence-electron chi connectivity index (χ2n) is 4.58. The van der Waals surface area contributed by atoms with Crippen molar-refractivity contribution in [2.45, 2.75) is 31.5 Å².